The van der Waals surface area contributed by atoms with E-state index in [2.05, 4.69) is 32.3 Å². The molecule has 64 valence electrons. The van der Waals surface area contributed by atoms with Crippen molar-refractivity contribution in [3.63, 3.8) is 0 Å². The van der Waals surface area contributed by atoms with Gasteiger partial charge in [0.1, 0.15) is 6.33 Å². The van der Waals surface area contributed by atoms with E-state index in [0.29, 0.717) is 5.82 Å². The Balaban J connectivity index is 2.38. The Kier molecular flexibility index (Phi) is 1.79. The largest absolute Gasteiger partial charge is 0.180 e. The van der Waals surface area contributed by atoms with Gasteiger partial charge in [-0.3, -0.25) is 0 Å². The van der Waals surface area contributed by atoms with Gasteiger partial charge in [0.25, 0.3) is 0 Å². The summed E-state index contributed by atoms with van der Waals surface area (Å²) in [4.78, 5) is 0. The van der Waals surface area contributed by atoms with Crippen molar-refractivity contribution < 1.29 is 0 Å². The van der Waals surface area contributed by atoms with Crippen molar-refractivity contribution in [3.8, 4) is 5.82 Å². The Morgan fingerprint density at radius 2 is 2.23 bits per heavy atom. The van der Waals surface area contributed by atoms with Crippen molar-refractivity contribution in [2.75, 3.05) is 0 Å². The first-order chi connectivity index (χ1) is 6.40. The average Bonchev–Trinajstić information content (AvgIpc) is 2.71. The Hall–Kier alpha value is -2.11. The molecule has 2 heterocycles. The molecule has 0 radical (unpaired) electrons. The van der Waals surface area contributed by atoms with Crippen LogP contribution < -0.4 is 0 Å². The van der Waals surface area contributed by atoms with Crippen molar-refractivity contribution in [3.05, 3.63) is 30.7 Å². The Bertz CT molecular complexity index is 389. The van der Waals surface area contributed by atoms with Gasteiger partial charge in [0.2, 0.25) is 0 Å². The highest BCUT2D eigenvalue weighted by atomic mass is 15.5. The molecule has 0 unspecified atom stereocenters. The minimum Gasteiger partial charge on any atom is -0.180 e. The molecule has 0 spiro atoms. The van der Waals surface area contributed by atoms with E-state index >= 15 is 0 Å². The lowest BCUT2D eigenvalue weighted by Gasteiger charge is -1.95. The lowest BCUT2D eigenvalue weighted by Crippen LogP contribution is -2.00. The minimum atomic E-state index is 0.579. The number of tetrazole rings is 1. The first kappa shape index (κ1) is 7.53. The van der Waals surface area contributed by atoms with E-state index < -0.39 is 0 Å². The van der Waals surface area contributed by atoms with Gasteiger partial charge in [0.15, 0.2) is 5.82 Å². The third-order valence-corrected chi connectivity index (χ3v) is 1.46. The molecule has 0 aromatic carbocycles. The first-order valence-electron chi connectivity index (χ1n) is 3.59. The quantitative estimate of drug-likeness (QED) is 0.645. The molecule has 13 heavy (non-hydrogen) atoms. The standard InChI is InChI=1S/C7H6N6/c1-2-6-3-4-7(10-9-6)13-5-8-11-12-13/h2-5H,1H2. The summed E-state index contributed by atoms with van der Waals surface area (Å²) in [6.45, 7) is 3.57. The predicted octanol–water partition coefficient (Wildman–Crippen LogP) is 0.0953. The maximum atomic E-state index is 3.89. The van der Waals surface area contributed by atoms with E-state index in [1.807, 2.05) is 0 Å². The normalized spacial score (nSPS) is 9.85. The second-order valence-electron chi connectivity index (χ2n) is 2.27. The third-order valence-electron chi connectivity index (χ3n) is 1.46. The summed E-state index contributed by atoms with van der Waals surface area (Å²) in [5, 5.41) is 18.4. The molecule has 0 aliphatic rings. The first-order valence-corrected chi connectivity index (χ1v) is 3.59. The molecular weight excluding hydrogens is 168 g/mol. The van der Waals surface area contributed by atoms with Crippen molar-refractivity contribution in [1.29, 1.82) is 0 Å². The van der Waals surface area contributed by atoms with Crippen LogP contribution in [0.2, 0.25) is 0 Å². The van der Waals surface area contributed by atoms with Gasteiger partial charge in [-0.25, -0.2) is 0 Å². The van der Waals surface area contributed by atoms with Crippen molar-refractivity contribution in [1.82, 2.24) is 30.4 Å². The Labute approximate surface area is 73.9 Å². The smallest absolute Gasteiger partial charge is 0.179 e. The van der Waals surface area contributed by atoms with E-state index in [0.717, 1.165) is 5.69 Å². The van der Waals surface area contributed by atoms with Crippen molar-refractivity contribution >= 4 is 6.08 Å². The Morgan fingerprint density at radius 3 is 2.77 bits per heavy atom. The molecule has 2 aromatic heterocycles. The molecule has 0 N–H and O–H groups in total. The molecule has 0 aliphatic heterocycles. The molecule has 0 saturated carbocycles. The summed E-state index contributed by atoms with van der Waals surface area (Å²) in [6, 6.07) is 3.55. The zero-order chi connectivity index (χ0) is 9.10. The van der Waals surface area contributed by atoms with Gasteiger partial charge in [-0.05, 0) is 28.6 Å². The minimum absolute atomic E-state index is 0.579. The molecule has 0 fully saturated rings. The zero-order valence-corrected chi connectivity index (χ0v) is 6.70. The number of hydrogen-bond donors (Lipinski definition) is 0. The maximum Gasteiger partial charge on any atom is 0.179 e. The number of rotatable bonds is 2. The summed E-state index contributed by atoms with van der Waals surface area (Å²) in [7, 11) is 0. The molecule has 0 saturated heterocycles. The molecular formula is C7H6N6. The average molecular weight is 174 g/mol. The van der Waals surface area contributed by atoms with Gasteiger partial charge in [-0.15, -0.1) is 15.3 Å². The van der Waals surface area contributed by atoms with Crippen molar-refractivity contribution in [2.45, 2.75) is 0 Å². The zero-order valence-electron chi connectivity index (χ0n) is 6.70. The van der Waals surface area contributed by atoms with Crippen LogP contribution in [0.25, 0.3) is 11.9 Å². The summed E-state index contributed by atoms with van der Waals surface area (Å²) in [5.41, 5.74) is 0.719. The second kappa shape index (κ2) is 3.10. The fourth-order valence-electron chi connectivity index (χ4n) is 0.833. The van der Waals surface area contributed by atoms with E-state index in [1.54, 1.807) is 18.2 Å². The molecule has 0 atom stereocenters. The van der Waals surface area contributed by atoms with E-state index in [4.69, 9.17) is 0 Å². The van der Waals surface area contributed by atoms with Crippen LogP contribution in [0.5, 0.6) is 0 Å². The van der Waals surface area contributed by atoms with E-state index in [1.165, 1.54) is 11.0 Å². The molecule has 2 aromatic rings. The molecule has 0 amide bonds. The van der Waals surface area contributed by atoms with Crippen LogP contribution >= 0.6 is 0 Å². The second-order valence-corrected chi connectivity index (χ2v) is 2.27. The fraction of sp³-hybridized carbons (Fsp3) is 0. The van der Waals surface area contributed by atoms with Gasteiger partial charge >= 0.3 is 0 Å². The fourth-order valence-corrected chi connectivity index (χ4v) is 0.833. The monoisotopic (exact) mass is 174 g/mol. The van der Waals surface area contributed by atoms with Gasteiger partial charge in [0, 0.05) is 0 Å². The van der Waals surface area contributed by atoms with Gasteiger partial charge < -0.3 is 0 Å². The van der Waals surface area contributed by atoms with Crippen molar-refractivity contribution in [2.24, 2.45) is 0 Å². The summed E-state index contributed by atoms with van der Waals surface area (Å²) in [5.74, 6) is 0.579. The lowest BCUT2D eigenvalue weighted by atomic mass is 10.4. The molecule has 6 heteroatoms. The van der Waals surface area contributed by atoms with Crippen LogP contribution in [0, 0.1) is 0 Å². The van der Waals surface area contributed by atoms with Gasteiger partial charge in [0.05, 0.1) is 5.69 Å². The van der Waals surface area contributed by atoms with Gasteiger partial charge in [-0.2, -0.15) is 4.68 Å². The highest BCUT2D eigenvalue weighted by Gasteiger charge is 1.98. The van der Waals surface area contributed by atoms with E-state index in [9.17, 15) is 0 Å². The summed E-state index contributed by atoms with van der Waals surface area (Å²) in [6.07, 6.45) is 3.08. The van der Waals surface area contributed by atoms with Crippen LogP contribution in [-0.2, 0) is 0 Å². The van der Waals surface area contributed by atoms with Crippen LogP contribution in [0.4, 0.5) is 0 Å². The number of aromatic nitrogens is 6. The highest BCUT2D eigenvalue weighted by molar-refractivity contribution is 5.41. The molecule has 6 nitrogen and oxygen atoms in total. The van der Waals surface area contributed by atoms with Crippen LogP contribution in [0.1, 0.15) is 5.69 Å². The van der Waals surface area contributed by atoms with Crippen LogP contribution in [0.3, 0.4) is 0 Å². The number of nitrogens with zero attached hydrogens (tertiary/aromatic N) is 6. The van der Waals surface area contributed by atoms with E-state index in [-0.39, 0.29) is 0 Å². The lowest BCUT2D eigenvalue weighted by molar-refractivity contribution is 0.754. The topological polar surface area (TPSA) is 69.4 Å². The number of hydrogen-bond acceptors (Lipinski definition) is 5. The van der Waals surface area contributed by atoms with Crippen LogP contribution in [-0.4, -0.2) is 30.4 Å². The molecule has 0 bridgehead atoms. The third kappa shape index (κ3) is 1.41. The summed E-state index contributed by atoms with van der Waals surface area (Å²) < 4.78 is 1.43. The maximum absolute atomic E-state index is 3.89. The highest BCUT2D eigenvalue weighted by Crippen LogP contribution is 2.00. The molecule has 2 rings (SSSR count). The SMILES string of the molecule is C=Cc1ccc(-n2cnnn2)nn1. The predicted molar refractivity (Wildman–Crippen MR) is 44.8 cm³/mol. The Morgan fingerprint density at radius 1 is 1.31 bits per heavy atom. The summed E-state index contributed by atoms with van der Waals surface area (Å²) >= 11 is 0. The molecule has 0 aliphatic carbocycles. The van der Waals surface area contributed by atoms with Gasteiger partial charge in [-0.1, -0.05) is 6.58 Å². The van der Waals surface area contributed by atoms with Crippen LogP contribution in [0.15, 0.2) is 25.0 Å².